The van der Waals surface area contributed by atoms with Crippen LogP contribution in [0.2, 0.25) is 28.2 Å². The Kier molecular flexibility index (Phi) is 6.82. The number of rotatable bonds is 7. The molecule has 164 valence electrons. The summed E-state index contributed by atoms with van der Waals surface area (Å²) in [5, 5.41) is 1.60. The lowest BCUT2D eigenvalue weighted by atomic mass is 9.82. The topological polar surface area (TPSA) is 12.2 Å². The van der Waals surface area contributed by atoms with Crippen LogP contribution in [0.1, 0.15) is 58.3 Å². The highest BCUT2D eigenvalue weighted by atomic mass is 35.5. The molecule has 2 aromatic carbocycles. The van der Waals surface area contributed by atoms with Gasteiger partial charge < -0.3 is 4.43 Å². The second-order valence-electron chi connectivity index (χ2n) is 10.2. The summed E-state index contributed by atoms with van der Waals surface area (Å²) < 4.78 is 7.19. The van der Waals surface area contributed by atoms with Gasteiger partial charge in [-0.25, -0.2) is 0 Å². The molecule has 1 saturated heterocycles. The second-order valence-corrected chi connectivity index (χ2v) is 15.8. The molecule has 0 bridgehead atoms. The van der Waals surface area contributed by atoms with Gasteiger partial charge in [0.2, 0.25) is 0 Å². The lowest BCUT2D eigenvalue weighted by Crippen LogP contribution is -2.49. The number of halogens is 2. The van der Waals surface area contributed by atoms with Crippen molar-refractivity contribution in [2.75, 3.05) is 6.54 Å². The molecule has 1 aliphatic heterocycles. The molecular weight excluding hydrogens is 429 g/mol. The summed E-state index contributed by atoms with van der Waals surface area (Å²) in [6, 6.07) is 17.0. The van der Waals surface area contributed by atoms with Gasteiger partial charge in [0.15, 0.2) is 8.32 Å². The lowest BCUT2D eigenvalue weighted by Gasteiger charge is -2.47. The Labute approximate surface area is 193 Å². The molecule has 0 saturated carbocycles. The fourth-order valence-electron chi connectivity index (χ4n) is 4.00. The van der Waals surface area contributed by atoms with Crippen molar-refractivity contribution in [3.05, 3.63) is 69.7 Å². The Balaban J connectivity index is 2.17. The Bertz CT molecular complexity index is 877. The van der Waals surface area contributed by atoms with E-state index in [1.165, 1.54) is 5.56 Å². The van der Waals surface area contributed by atoms with Crippen LogP contribution in [-0.2, 0) is 9.96 Å². The minimum absolute atomic E-state index is 0.105. The highest BCUT2D eigenvalue weighted by molar-refractivity contribution is 6.74. The van der Waals surface area contributed by atoms with Crippen LogP contribution >= 0.6 is 23.2 Å². The third-order valence-electron chi connectivity index (χ3n) is 7.09. The third kappa shape index (κ3) is 4.66. The van der Waals surface area contributed by atoms with Crippen molar-refractivity contribution < 1.29 is 4.43 Å². The number of hydrogen-bond donors (Lipinski definition) is 0. The van der Waals surface area contributed by atoms with Crippen molar-refractivity contribution in [2.45, 2.75) is 76.9 Å². The molecule has 0 N–H and O–H groups in total. The molecule has 1 unspecified atom stereocenters. The molecule has 0 amide bonds. The predicted octanol–water partition coefficient (Wildman–Crippen LogP) is 8.07. The van der Waals surface area contributed by atoms with Crippen LogP contribution in [0.4, 0.5) is 0 Å². The minimum Gasteiger partial charge on any atom is -0.408 e. The number of hydrogen-bond acceptors (Lipinski definition) is 2. The molecule has 0 aliphatic carbocycles. The monoisotopic (exact) mass is 463 g/mol. The fraction of sp³-hybridized carbons (Fsp3) is 0.520. The average molecular weight is 465 g/mol. The van der Waals surface area contributed by atoms with E-state index in [0.717, 1.165) is 28.6 Å². The molecule has 1 heterocycles. The van der Waals surface area contributed by atoms with Gasteiger partial charge in [0.25, 0.3) is 0 Å². The van der Waals surface area contributed by atoms with Crippen molar-refractivity contribution >= 4 is 31.5 Å². The first-order chi connectivity index (χ1) is 13.9. The number of nitrogens with zero attached hydrogens (tertiary/aromatic N) is 1. The zero-order valence-corrected chi connectivity index (χ0v) is 21.8. The van der Waals surface area contributed by atoms with Gasteiger partial charge in [-0.1, -0.05) is 75.2 Å². The van der Waals surface area contributed by atoms with Crippen LogP contribution in [0, 0.1) is 0 Å². The zero-order chi connectivity index (χ0) is 22.3. The Morgan fingerprint density at radius 2 is 1.67 bits per heavy atom. The molecular formula is C25H35Cl2NOSi. The van der Waals surface area contributed by atoms with Gasteiger partial charge in [-0.3, -0.25) is 4.90 Å². The van der Waals surface area contributed by atoms with E-state index in [2.05, 4.69) is 76.9 Å². The molecule has 0 radical (unpaired) electrons. The molecule has 1 fully saturated rings. The first-order valence-electron chi connectivity index (χ1n) is 10.9. The van der Waals surface area contributed by atoms with E-state index in [1.54, 1.807) is 0 Å². The molecule has 5 heteroatoms. The van der Waals surface area contributed by atoms with Crippen molar-refractivity contribution in [3.8, 4) is 0 Å². The zero-order valence-electron chi connectivity index (χ0n) is 19.3. The van der Waals surface area contributed by atoms with E-state index >= 15 is 0 Å². The van der Waals surface area contributed by atoms with Gasteiger partial charge in [-0.15, -0.1) is 0 Å². The van der Waals surface area contributed by atoms with Crippen molar-refractivity contribution in [3.63, 3.8) is 0 Å². The van der Waals surface area contributed by atoms with Crippen molar-refractivity contribution in [1.29, 1.82) is 0 Å². The van der Waals surface area contributed by atoms with Crippen LogP contribution in [0.3, 0.4) is 0 Å². The average Bonchev–Trinajstić information content (AvgIpc) is 3.46. The van der Waals surface area contributed by atoms with Gasteiger partial charge in [0.1, 0.15) is 0 Å². The second kappa shape index (κ2) is 8.59. The maximum Gasteiger partial charge on any atom is 0.193 e. The van der Waals surface area contributed by atoms with Crippen LogP contribution in [-0.4, -0.2) is 25.8 Å². The van der Waals surface area contributed by atoms with Crippen LogP contribution < -0.4 is 0 Å². The van der Waals surface area contributed by atoms with Gasteiger partial charge >= 0.3 is 0 Å². The largest absolute Gasteiger partial charge is 0.408 e. The Hall–Kier alpha value is -0.843. The molecule has 2 aromatic rings. The summed E-state index contributed by atoms with van der Waals surface area (Å²) in [6.45, 7) is 17.2. The summed E-state index contributed by atoms with van der Waals surface area (Å²) in [5.74, 6) is 0. The highest BCUT2D eigenvalue weighted by Crippen LogP contribution is 2.52. The molecule has 4 atom stereocenters. The number of benzene rings is 2. The van der Waals surface area contributed by atoms with E-state index in [0.29, 0.717) is 6.04 Å². The molecule has 30 heavy (non-hydrogen) atoms. The van der Waals surface area contributed by atoms with E-state index in [-0.39, 0.29) is 16.7 Å². The van der Waals surface area contributed by atoms with Crippen LogP contribution in [0.5, 0.6) is 0 Å². The first kappa shape index (κ1) is 23.8. The maximum atomic E-state index is 7.19. The van der Waals surface area contributed by atoms with Crippen molar-refractivity contribution in [1.82, 2.24) is 4.90 Å². The minimum atomic E-state index is -2.07. The molecule has 0 aromatic heterocycles. The molecule has 2 nitrogen and oxygen atoms in total. The smallest absolute Gasteiger partial charge is 0.193 e. The van der Waals surface area contributed by atoms with E-state index < -0.39 is 8.32 Å². The highest BCUT2D eigenvalue weighted by Gasteiger charge is 2.54. The van der Waals surface area contributed by atoms with Crippen molar-refractivity contribution in [2.24, 2.45) is 0 Å². The molecule has 3 rings (SSSR count). The fourth-order valence-corrected chi connectivity index (χ4v) is 5.63. The van der Waals surface area contributed by atoms with Crippen LogP contribution in [0.25, 0.3) is 0 Å². The summed E-state index contributed by atoms with van der Waals surface area (Å²) in [6.07, 6.45) is 1.00. The Morgan fingerprint density at radius 1 is 1.03 bits per heavy atom. The SMILES string of the molecule is CC[C@H]1CN1[C@](C)(c1ccc(Cl)cc1)[C@H](O[Si](C)(C)C(C)(C)C)c1cccc(Cl)c1. The maximum absolute atomic E-state index is 7.19. The predicted molar refractivity (Wildman–Crippen MR) is 132 cm³/mol. The summed E-state index contributed by atoms with van der Waals surface area (Å²) in [4.78, 5) is 2.58. The molecule has 0 spiro atoms. The first-order valence-corrected chi connectivity index (χ1v) is 14.5. The lowest BCUT2D eigenvalue weighted by molar-refractivity contribution is 0.0320. The van der Waals surface area contributed by atoms with E-state index in [1.807, 2.05) is 24.3 Å². The normalized spacial score (nSPS) is 22.4. The standard InChI is InChI=1S/C25H35Cl2NOSi/c1-8-22-17-28(22)25(5,19-12-14-20(26)15-13-19)23(18-10-9-11-21(27)16-18)29-30(6,7)24(2,3)4/h9-16,22-23H,8,17H2,1-7H3/t22-,23+,25+,28?/m0/s1. The summed E-state index contributed by atoms with van der Waals surface area (Å²) in [7, 11) is -2.07. The molecule has 1 aliphatic rings. The van der Waals surface area contributed by atoms with Crippen LogP contribution in [0.15, 0.2) is 48.5 Å². The Morgan fingerprint density at radius 3 is 2.17 bits per heavy atom. The van der Waals surface area contributed by atoms with Gasteiger partial charge in [0.05, 0.1) is 11.6 Å². The summed E-state index contributed by atoms with van der Waals surface area (Å²) >= 11 is 12.7. The van der Waals surface area contributed by atoms with Gasteiger partial charge in [-0.2, -0.15) is 0 Å². The van der Waals surface area contributed by atoms with E-state index in [9.17, 15) is 0 Å². The third-order valence-corrected chi connectivity index (χ3v) is 12.0. The van der Waals surface area contributed by atoms with Gasteiger partial charge in [0, 0.05) is 22.6 Å². The van der Waals surface area contributed by atoms with Gasteiger partial charge in [-0.05, 0) is 66.9 Å². The van der Waals surface area contributed by atoms with E-state index in [4.69, 9.17) is 27.6 Å². The summed E-state index contributed by atoms with van der Waals surface area (Å²) in [5.41, 5.74) is 2.05. The quantitative estimate of drug-likeness (QED) is 0.303.